The number of anilines is 1. The predicted octanol–water partition coefficient (Wildman–Crippen LogP) is 1.91. The smallest absolute Gasteiger partial charge is 0.272 e. The van der Waals surface area contributed by atoms with Crippen LogP contribution < -0.4 is 16.0 Å². The summed E-state index contributed by atoms with van der Waals surface area (Å²) in [7, 11) is 1.74. The fourth-order valence-corrected chi connectivity index (χ4v) is 2.31. The molecule has 1 saturated heterocycles. The minimum Gasteiger partial charge on any atom is -0.357 e. The van der Waals surface area contributed by atoms with Crippen molar-refractivity contribution in [3.8, 4) is 0 Å². The number of aromatic amines is 1. The Morgan fingerprint density at radius 2 is 2.18 bits per heavy atom. The first-order valence-electron chi connectivity index (χ1n) is 6.78. The van der Waals surface area contributed by atoms with Crippen LogP contribution in [0.4, 0.5) is 5.69 Å². The summed E-state index contributed by atoms with van der Waals surface area (Å²) >= 11 is 0. The number of hydrogen-bond donors (Lipinski definition) is 4. The number of H-pyrrole nitrogens is 1. The summed E-state index contributed by atoms with van der Waals surface area (Å²) in [4.78, 5) is 19.0. The first kappa shape index (κ1) is 15.9. The van der Waals surface area contributed by atoms with Gasteiger partial charge in [-0.3, -0.25) is 9.79 Å². The fraction of sp³-hybridized carbons (Fsp3) is 0.200. The third-order valence-corrected chi connectivity index (χ3v) is 3.40. The first-order chi connectivity index (χ1) is 10.3. The molecule has 2 heterocycles. The highest BCUT2D eigenvalue weighted by Crippen LogP contribution is 2.19. The topological polar surface area (TPSA) is 81.3 Å². The second-order valence-corrected chi connectivity index (χ2v) is 4.81. The van der Waals surface area contributed by atoms with Crippen LogP contribution in [0.2, 0.25) is 0 Å². The Morgan fingerprint density at radius 1 is 1.32 bits per heavy atom. The largest absolute Gasteiger partial charge is 0.357 e. The lowest BCUT2D eigenvalue weighted by molar-refractivity contribution is 0.102. The van der Waals surface area contributed by atoms with Crippen LogP contribution in [0, 0.1) is 0 Å². The van der Waals surface area contributed by atoms with E-state index in [1.807, 2.05) is 24.3 Å². The molecule has 22 heavy (non-hydrogen) atoms. The summed E-state index contributed by atoms with van der Waals surface area (Å²) in [5.41, 5.74) is 2.42. The summed E-state index contributed by atoms with van der Waals surface area (Å²) in [6.45, 7) is 0.778. The first-order valence-corrected chi connectivity index (χ1v) is 6.78. The van der Waals surface area contributed by atoms with E-state index in [0.717, 1.165) is 23.8 Å². The van der Waals surface area contributed by atoms with Gasteiger partial charge in [0, 0.05) is 25.5 Å². The molecule has 0 aliphatic carbocycles. The highest BCUT2D eigenvalue weighted by Gasteiger charge is 2.20. The fourth-order valence-electron chi connectivity index (χ4n) is 2.31. The number of guanidine groups is 1. The normalized spacial score (nSPS) is 18.2. The molecule has 1 amide bonds. The zero-order chi connectivity index (χ0) is 14.7. The van der Waals surface area contributed by atoms with E-state index in [2.05, 4.69) is 25.9 Å². The van der Waals surface area contributed by atoms with Crippen LogP contribution in [-0.4, -0.2) is 30.4 Å². The molecule has 1 aliphatic heterocycles. The van der Waals surface area contributed by atoms with E-state index in [-0.39, 0.29) is 24.4 Å². The van der Waals surface area contributed by atoms with Crippen LogP contribution in [0.15, 0.2) is 47.6 Å². The van der Waals surface area contributed by atoms with Crippen molar-refractivity contribution in [3.05, 3.63) is 53.9 Å². The summed E-state index contributed by atoms with van der Waals surface area (Å²) < 4.78 is 0. The highest BCUT2D eigenvalue weighted by atomic mass is 35.5. The molecule has 0 saturated carbocycles. The maximum Gasteiger partial charge on any atom is 0.272 e. The summed E-state index contributed by atoms with van der Waals surface area (Å²) in [6.07, 6.45) is 1.73. The zero-order valence-corrected chi connectivity index (χ0v) is 12.9. The van der Waals surface area contributed by atoms with Crippen LogP contribution in [0.5, 0.6) is 0 Å². The van der Waals surface area contributed by atoms with Crippen molar-refractivity contribution in [2.45, 2.75) is 6.04 Å². The maximum atomic E-state index is 12.0. The molecule has 3 rings (SSSR count). The molecule has 1 atom stereocenters. The Balaban J connectivity index is 0.00000176. The molecule has 116 valence electrons. The van der Waals surface area contributed by atoms with Gasteiger partial charge < -0.3 is 20.9 Å². The molecular formula is C15H18ClN5O. The monoisotopic (exact) mass is 319 g/mol. The van der Waals surface area contributed by atoms with E-state index in [1.165, 1.54) is 0 Å². The van der Waals surface area contributed by atoms with Gasteiger partial charge in [0.15, 0.2) is 5.96 Å². The zero-order valence-electron chi connectivity index (χ0n) is 12.1. The Hall–Kier alpha value is -2.47. The van der Waals surface area contributed by atoms with E-state index >= 15 is 0 Å². The Bertz CT molecular complexity index is 668. The molecule has 6 nitrogen and oxygen atoms in total. The third kappa shape index (κ3) is 3.40. The lowest BCUT2D eigenvalue weighted by Gasteiger charge is -2.12. The van der Waals surface area contributed by atoms with Crippen molar-refractivity contribution >= 4 is 30.0 Å². The quantitative estimate of drug-likeness (QED) is 0.697. The van der Waals surface area contributed by atoms with E-state index in [9.17, 15) is 4.79 Å². The number of aliphatic imine (C=N–C) groups is 1. The SMILES string of the molecule is CN=C1NCC(c2cccc(NC(=O)c3ccc[nH]3)c2)N1.Cl. The lowest BCUT2D eigenvalue weighted by atomic mass is 10.1. The van der Waals surface area contributed by atoms with Gasteiger partial charge in [0.25, 0.3) is 5.91 Å². The number of aromatic nitrogens is 1. The Morgan fingerprint density at radius 3 is 2.86 bits per heavy atom. The standard InChI is InChI=1S/C15H17N5O.ClH/c1-16-15-18-9-13(20-15)10-4-2-5-11(8-10)19-14(21)12-6-3-7-17-12;/h2-8,13,17H,9H2,1H3,(H,19,21)(H2,16,18,20);1H. The number of amides is 1. The number of halogens is 1. The van der Waals surface area contributed by atoms with Crippen molar-refractivity contribution in [2.24, 2.45) is 4.99 Å². The molecule has 0 radical (unpaired) electrons. The third-order valence-electron chi connectivity index (χ3n) is 3.40. The minimum atomic E-state index is -0.148. The van der Waals surface area contributed by atoms with Gasteiger partial charge in [-0.05, 0) is 29.8 Å². The Labute approximate surface area is 134 Å². The van der Waals surface area contributed by atoms with Crippen LogP contribution in [0.1, 0.15) is 22.1 Å². The van der Waals surface area contributed by atoms with Crippen molar-refractivity contribution in [1.29, 1.82) is 0 Å². The lowest BCUT2D eigenvalue weighted by Crippen LogP contribution is -2.24. The molecule has 4 N–H and O–H groups in total. The van der Waals surface area contributed by atoms with Gasteiger partial charge in [0.05, 0.1) is 6.04 Å². The van der Waals surface area contributed by atoms with Gasteiger partial charge in [-0.15, -0.1) is 12.4 Å². The van der Waals surface area contributed by atoms with Gasteiger partial charge in [-0.1, -0.05) is 12.1 Å². The second kappa shape index (κ2) is 7.00. The number of benzene rings is 1. The van der Waals surface area contributed by atoms with Crippen LogP contribution in [0.25, 0.3) is 0 Å². The molecule has 2 aromatic rings. The molecule has 0 spiro atoms. The average Bonchev–Trinajstić information content (AvgIpc) is 3.19. The van der Waals surface area contributed by atoms with Crippen molar-refractivity contribution < 1.29 is 4.79 Å². The number of hydrogen-bond acceptors (Lipinski definition) is 2. The van der Waals surface area contributed by atoms with Gasteiger partial charge in [-0.25, -0.2) is 0 Å². The van der Waals surface area contributed by atoms with E-state index < -0.39 is 0 Å². The summed E-state index contributed by atoms with van der Waals surface area (Å²) in [5.74, 6) is 0.645. The highest BCUT2D eigenvalue weighted by molar-refractivity contribution is 6.02. The Kier molecular flexibility index (Phi) is 5.06. The molecule has 0 bridgehead atoms. The van der Waals surface area contributed by atoms with Gasteiger partial charge in [0.2, 0.25) is 0 Å². The van der Waals surface area contributed by atoms with E-state index in [4.69, 9.17) is 0 Å². The number of nitrogens with zero attached hydrogens (tertiary/aromatic N) is 1. The molecule has 7 heteroatoms. The van der Waals surface area contributed by atoms with Gasteiger partial charge in [0.1, 0.15) is 5.69 Å². The number of rotatable bonds is 3. The average molecular weight is 320 g/mol. The molecule has 1 unspecified atom stereocenters. The molecule has 1 aliphatic rings. The number of nitrogens with one attached hydrogen (secondary N) is 4. The molecule has 1 fully saturated rings. The molecule has 1 aromatic carbocycles. The molecular weight excluding hydrogens is 302 g/mol. The number of carbonyl (C=O) groups excluding carboxylic acids is 1. The number of carbonyl (C=O) groups is 1. The second-order valence-electron chi connectivity index (χ2n) is 4.81. The maximum absolute atomic E-state index is 12.0. The van der Waals surface area contributed by atoms with Gasteiger partial charge >= 0.3 is 0 Å². The van der Waals surface area contributed by atoms with Crippen molar-refractivity contribution in [3.63, 3.8) is 0 Å². The summed E-state index contributed by atoms with van der Waals surface area (Å²) in [5, 5.41) is 9.35. The van der Waals surface area contributed by atoms with Crippen LogP contribution in [0.3, 0.4) is 0 Å². The van der Waals surface area contributed by atoms with E-state index in [0.29, 0.717) is 5.69 Å². The van der Waals surface area contributed by atoms with Gasteiger partial charge in [-0.2, -0.15) is 0 Å². The van der Waals surface area contributed by atoms with Crippen LogP contribution in [-0.2, 0) is 0 Å². The van der Waals surface area contributed by atoms with E-state index in [1.54, 1.807) is 25.4 Å². The van der Waals surface area contributed by atoms with Crippen molar-refractivity contribution in [2.75, 3.05) is 18.9 Å². The molecule has 1 aromatic heterocycles. The predicted molar refractivity (Wildman–Crippen MR) is 89.7 cm³/mol. The minimum absolute atomic E-state index is 0. The van der Waals surface area contributed by atoms with Crippen LogP contribution >= 0.6 is 12.4 Å². The summed E-state index contributed by atoms with van der Waals surface area (Å²) in [6, 6.07) is 11.5. The van der Waals surface area contributed by atoms with Crippen molar-refractivity contribution in [1.82, 2.24) is 15.6 Å².